The number of nitrogens with one attached hydrogen (secondary N) is 2. The van der Waals surface area contributed by atoms with E-state index in [0.717, 1.165) is 5.69 Å². The largest absolute Gasteiger partial charge is 0.344 e. The number of rotatable bonds is 5. The third-order valence-corrected chi connectivity index (χ3v) is 2.74. The molecular weight excluding hydrogens is 236 g/mol. The van der Waals surface area contributed by atoms with Crippen molar-refractivity contribution < 1.29 is 9.59 Å². The van der Waals surface area contributed by atoms with E-state index in [1.807, 2.05) is 36.6 Å². The lowest BCUT2D eigenvalue weighted by molar-refractivity contribution is -0.124. The minimum Gasteiger partial charge on any atom is -0.344 e. The molecule has 1 rings (SSSR count). The first-order valence-corrected chi connectivity index (χ1v) is 6.65. The molecular formula is C12H16N2O2S. The second-order valence-electron chi connectivity index (χ2n) is 3.56. The summed E-state index contributed by atoms with van der Waals surface area (Å²) in [6.45, 7) is 1.41. The number of anilines is 1. The SMILES string of the molecule is CSC[C@H](NC(C)=O)C(=O)Nc1ccccc1. The van der Waals surface area contributed by atoms with Crippen molar-refractivity contribution in [3.05, 3.63) is 30.3 Å². The first-order valence-electron chi connectivity index (χ1n) is 5.25. The van der Waals surface area contributed by atoms with Gasteiger partial charge in [-0.05, 0) is 18.4 Å². The van der Waals surface area contributed by atoms with E-state index in [-0.39, 0.29) is 11.8 Å². The van der Waals surface area contributed by atoms with Crippen LogP contribution in [0.25, 0.3) is 0 Å². The zero-order valence-corrected chi connectivity index (χ0v) is 10.7. The highest BCUT2D eigenvalue weighted by atomic mass is 32.2. The van der Waals surface area contributed by atoms with Crippen molar-refractivity contribution in [2.45, 2.75) is 13.0 Å². The Morgan fingerprint density at radius 3 is 2.47 bits per heavy atom. The quantitative estimate of drug-likeness (QED) is 0.835. The van der Waals surface area contributed by atoms with Gasteiger partial charge in [0.1, 0.15) is 6.04 Å². The van der Waals surface area contributed by atoms with E-state index in [9.17, 15) is 9.59 Å². The molecule has 0 saturated heterocycles. The standard InChI is InChI=1S/C12H16N2O2S/c1-9(15)13-11(8-17-2)12(16)14-10-6-4-3-5-7-10/h3-7,11H,8H2,1-2H3,(H,13,15)(H,14,16)/t11-/m0/s1. The minimum atomic E-state index is -0.497. The highest BCUT2D eigenvalue weighted by Crippen LogP contribution is 2.07. The maximum absolute atomic E-state index is 11.9. The Labute approximate surface area is 105 Å². The maximum atomic E-state index is 11.9. The second kappa shape index (κ2) is 6.96. The van der Waals surface area contributed by atoms with E-state index in [1.165, 1.54) is 18.7 Å². The van der Waals surface area contributed by atoms with Crippen LogP contribution < -0.4 is 10.6 Å². The van der Waals surface area contributed by atoms with Crippen molar-refractivity contribution in [3.8, 4) is 0 Å². The molecule has 0 fully saturated rings. The van der Waals surface area contributed by atoms with Crippen LogP contribution in [0, 0.1) is 0 Å². The summed E-state index contributed by atoms with van der Waals surface area (Å²) in [5.41, 5.74) is 0.731. The lowest BCUT2D eigenvalue weighted by atomic mass is 10.2. The number of carbonyl (C=O) groups excluding carboxylic acids is 2. The van der Waals surface area contributed by atoms with Crippen LogP contribution in [-0.4, -0.2) is 29.9 Å². The van der Waals surface area contributed by atoms with Gasteiger partial charge >= 0.3 is 0 Å². The van der Waals surface area contributed by atoms with Gasteiger partial charge in [0.2, 0.25) is 11.8 Å². The molecule has 0 aliphatic rings. The topological polar surface area (TPSA) is 58.2 Å². The molecule has 5 heteroatoms. The molecule has 2 N–H and O–H groups in total. The van der Waals surface area contributed by atoms with Crippen LogP contribution in [0.1, 0.15) is 6.92 Å². The van der Waals surface area contributed by atoms with Crippen LogP contribution in [0.2, 0.25) is 0 Å². The minimum absolute atomic E-state index is 0.194. The lowest BCUT2D eigenvalue weighted by Crippen LogP contribution is -2.44. The van der Waals surface area contributed by atoms with Gasteiger partial charge in [0.25, 0.3) is 0 Å². The van der Waals surface area contributed by atoms with E-state index in [2.05, 4.69) is 10.6 Å². The van der Waals surface area contributed by atoms with Gasteiger partial charge in [0.15, 0.2) is 0 Å². The molecule has 0 saturated carbocycles. The van der Waals surface area contributed by atoms with Crippen molar-refractivity contribution in [1.29, 1.82) is 0 Å². The number of carbonyl (C=O) groups is 2. The second-order valence-corrected chi connectivity index (χ2v) is 4.47. The number of benzene rings is 1. The molecule has 0 aliphatic heterocycles. The Kier molecular flexibility index (Phi) is 5.56. The Hall–Kier alpha value is -1.49. The predicted octanol–water partition coefficient (Wildman–Crippen LogP) is 1.49. The number of thioether (sulfide) groups is 1. The van der Waals surface area contributed by atoms with Crippen LogP contribution in [0.4, 0.5) is 5.69 Å². The fourth-order valence-corrected chi connectivity index (χ4v) is 1.91. The highest BCUT2D eigenvalue weighted by molar-refractivity contribution is 7.98. The zero-order chi connectivity index (χ0) is 12.7. The van der Waals surface area contributed by atoms with Gasteiger partial charge in [-0.15, -0.1) is 0 Å². The van der Waals surface area contributed by atoms with Crippen LogP contribution in [-0.2, 0) is 9.59 Å². The van der Waals surface area contributed by atoms with Crippen LogP contribution in [0.3, 0.4) is 0 Å². The van der Waals surface area contributed by atoms with Crippen molar-refractivity contribution in [2.24, 2.45) is 0 Å². The number of hydrogen-bond acceptors (Lipinski definition) is 3. The average Bonchev–Trinajstić information content (AvgIpc) is 2.29. The van der Waals surface area contributed by atoms with Gasteiger partial charge in [-0.1, -0.05) is 18.2 Å². The normalized spacial score (nSPS) is 11.6. The summed E-state index contributed by atoms with van der Waals surface area (Å²) >= 11 is 1.52. The average molecular weight is 252 g/mol. The van der Waals surface area contributed by atoms with Gasteiger partial charge in [0, 0.05) is 18.4 Å². The van der Waals surface area contributed by atoms with E-state index >= 15 is 0 Å². The van der Waals surface area contributed by atoms with E-state index < -0.39 is 6.04 Å². The van der Waals surface area contributed by atoms with Crippen LogP contribution >= 0.6 is 11.8 Å². The Morgan fingerprint density at radius 1 is 1.29 bits per heavy atom. The summed E-state index contributed by atoms with van der Waals surface area (Å²) in [6, 6.07) is 8.68. The molecule has 0 heterocycles. The first kappa shape index (κ1) is 13.6. The van der Waals surface area contributed by atoms with Gasteiger partial charge < -0.3 is 10.6 Å². The fraction of sp³-hybridized carbons (Fsp3) is 0.333. The molecule has 0 spiro atoms. The summed E-state index contributed by atoms with van der Waals surface area (Å²) < 4.78 is 0. The molecule has 17 heavy (non-hydrogen) atoms. The molecule has 0 unspecified atom stereocenters. The van der Waals surface area contributed by atoms with Crippen LogP contribution in [0.15, 0.2) is 30.3 Å². The molecule has 1 atom stereocenters. The lowest BCUT2D eigenvalue weighted by Gasteiger charge is -2.16. The molecule has 2 amide bonds. The summed E-state index contributed by atoms with van der Waals surface area (Å²) in [6.07, 6.45) is 1.89. The fourth-order valence-electron chi connectivity index (χ4n) is 1.35. The van der Waals surface area contributed by atoms with E-state index in [1.54, 1.807) is 0 Å². The molecule has 1 aromatic rings. The van der Waals surface area contributed by atoms with E-state index in [0.29, 0.717) is 5.75 Å². The number of amides is 2. The maximum Gasteiger partial charge on any atom is 0.247 e. The van der Waals surface area contributed by atoms with Crippen molar-refractivity contribution in [3.63, 3.8) is 0 Å². The molecule has 0 aliphatic carbocycles. The van der Waals surface area contributed by atoms with Gasteiger partial charge in [0.05, 0.1) is 0 Å². The third kappa shape index (κ3) is 4.91. The molecule has 0 aromatic heterocycles. The van der Waals surface area contributed by atoms with Crippen molar-refractivity contribution in [1.82, 2.24) is 5.32 Å². The Balaban J connectivity index is 2.62. The van der Waals surface area contributed by atoms with Crippen molar-refractivity contribution >= 4 is 29.3 Å². The first-order chi connectivity index (χ1) is 8.13. The Bertz CT molecular complexity index is 381. The van der Waals surface area contributed by atoms with Crippen LogP contribution in [0.5, 0.6) is 0 Å². The Morgan fingerprint density at radius 2 is 1.94 bits per heavy atom. The number of hydrogen-bond donors (Lipinski definition) is 2. The summed E-state index contributed by atoms with van der Waals surface area (Å²) in [5, 5.41) is 5.39. The zero-order valence-electron chi connectivity index (χ0n) is 9.90. The van der Waals surface area contributed by atoms with Crippen molar-refractivity contribution in [2.75, 3.05) is 17.3 Å². The summed E-state index contributed by atoms with van der Waals surface area (Å²) in [4.78, 5) is 22.9. The molecule has 0 radical (unpaired) electrons. The molecule has 92 valence electrons. The predicted molar refractivity (Wildman–Crippen MR) is 71.1 cm³/mol. The molecule has 1 aromatic carbocycles. The number of para-hydroxylation sites is 1. The third-order valence-electron chi connectivity index (χ3n) is 2.07. The highest BCUT2D eigenvalue weighted by Gasteiger charge is 2.18. The molecule has 0 bridgehead atoms. The van der Waals surface area contributed by atoms with Gasteiger partial charge in [-0.2, -0.15) is 11.8 Å². The van der Waals surface area contributed by atoms with Gasteiger partial charge in [-0.25, -0.2) is 0 Å². The summed E-state index contributed by atoms with van der Waals surface area (Å²) in [5.74, 6) is 0.158. The smallest absolute Gasteiger partial charge is 0.247 e. The summed E-state index contributed by atoms with van der Waals surface area (Å²) in [7, 11) is 0. The van der Waals surface area contributed by atoms with Gasteiger partial charge in [-0.3, -0.25) is 9.59 Å². The van der Waals surface area contributed by atoms with E-state index in [4.69, 9.17) is 0 Å². The monoisotopic (exact) mass is 252 g/mol. The molecule has 4 nitrogen and oxygen atoms in total.